The average molecular weight is 444 g/mol. The van der Waals surface area contributed by atoms with E-state index >= 15 is 0 Å². The van der Waals surface area contributed by atoms with Crippen LogP contribution in [0, 0.1) is 13.8 Å². The van der Waals surface area contributed by atoms with Crippen molar-refractivity contribution in [2.75, 3.05) is 0 Å². The Kier molecular flexibility index (Phi) is 6.30. The number of fused-ring (bicyclic) bond motifs is 1. The molecule has 0 saturated carbocycles. The third-order valence-electron chi connectivity index (χ3n) is 5.13. The highest BCUT2D eigenvalue weighted by Gasteiger charge is 2.13. The molecular weight excluding hydrogens is 420 g/mol. The van der Waals surface area contributed by atoms with E-state index in [2.05, 4.69) is 26.8 Å². The average Bonchev–Trinajstić information content (AvgIpc) is 3.22. The first-order valence-electron chi connectivity index (χ1n) is 10.5. The van der Waals surface area contributed by atoms with Crippen LogP contribution < -0.4 is 16.2 Å². The van der Waals surface area contributed by atoms with Crippen molar-refractivity contribution >= 4 is 23.0 Å². The molecule has 0 aliphatic carbocycles. The van der Waals surface area contributed by atoms with Crippen molar-refractivity contribution in [2.45, 2.75) is 33.4 Å². The molecule has 0 radical (unpaired) electrons. The van der Waals surface area contributed by atoms with Crippen LogP contribution in [0.1, 0.15) is 23.1 Å². The molecule has 0 fully saturated rings. The fourth-order valence-electron chi connectivity index (χ4n) is 3.60. The summed E-state index contributed by atoms with van der Waals surface area (Å²) in [5.74, 6) is -0.488. The SMILES string of the molecule is Cc1cc(C)cc(-n2ncc3c(=O)n(CCC(=O)NC(=O)NCc4ccccc4)cnc32)c1. The van der Waals surface area contributed by atoms with Crippen molar-refractivity contribution in [2.24, 2.45) is 0 Å². The number of carbonyl (C=O) groups excluding carboxylic acids is 2. The topological polar surface area (TPSA) is 111 Å². The summed E-state index contributed by atoms with van der Waals surface area (Å²) in [7, 11) is 0. The Bertz CT molecular complexity index is 1350. The van der Waals surface area contributed by atoms with Gasteiger partial charge in [0.2, 0.25) is 5.91 Å². The second-order valence-corrected chi connectivity index (χ2v) is 7.85. The van der Waals surface area contributed by atoms with E-state index in [4.69, 9.17) is 0 Å². The lowest BCUT2D eigenvalue weighted by Gasteiger charge is -2.09. The van der Waals surface area contributed by atoms with Gasteiger partial charge in [0.05, 0.1) is 18.2 Å². The number of amides is 3. The number of aromatic nitrogens is 4. The van der Waals surface area contributed by atoms with Crippen LogP contribution in [0.2, 0.25) is 0 Å². The van der Waals surface area contributed by atoms with Gasteiger partial charge in [0.15, 0.2) is 5.65 Å². The Morgan fingerprint density at radius 3 is 2.48 bits per heavy atom. The van der Waals surface area contributed by atoms with Crippen LogP contribution in [0.5, 0.6) is 0 Å². The van der Waals surface area contributed by atoms with E-state index < -0.39 is 11.9 Å². The summed E-state index contributed by atoms with van der Waals surface area (Å²) in [6.07, 6.45) is 2.83. The van der Waals surface area contributed by atoms with Crippen LogP contribution in [-0.4, -0.2) is 31.3 Å². The molecule has 9 nitrogen and oxygen atoms in total. The number of imide groups is 1. The molecule has 2 aromatic heterocycles. The number of aryl methyl sites for hydroxylation is 3. The zero-order chi connectivity index (χ0) is 23.4. The van der Waals surface area contributed by atoms with E-state index in [0.29, 0.717) is 17.6 Å². The molecule has 0 saturated heterocycles. The molecule has 3 amide bonds. The van der Waals surface area contributed by atoms with Gasteiger partial charge in [-0.2, -0.15) is 5.10 Å². The lowest BCUT2D eigenvalue weighted by molar-refractivity contribution is -0.120. The molecule has 2 N–H and O–H groups in total. The zero-order valence-corrected chi connectivity index (χ0v) is 18.4. The van der Waals surface area contributed by atoms with E-state index in [9.17, 15) is 14.4 Å². The number of nitrogens with zero attached hydrogens (tertiary/aromatic N) is 4. The minimum absolute atomic E-state index is 0.0446. The lowest BCUT2D eigenvalue weighted by Crippen LogP contribution is -2.39. The Morgan fingerprint density at radius 1 is 1.03 bits per heavy atom. The molecule has 0 unspecified atom stereocenters. The summed E-state index contributed by atoms with van der Waals surface area (Å²) in [6, 6.07) is 14.8. The highest BCUT2D eigenvalue weighted by molar-refractivity contribution is 5.94. The largest absolute Gasteiger partial charge is 0.334 e. The van der Waals surface area contributed by atoms with E-state index in [1.165, 1.54) is 17.1 Å². The summed E-state index contributed by atoms with van der Waals surface area (Å²) in [6.45, 7) is 4.39. The van der Waals surface area contributed by atoms with Crippen LogP contribution >= 0.6 is 0 Å². The third-order valence-corrected chi connectivity index (χ3v) is 5.13. The highest BCUT2D eigenvalue weighted by Crippen LogP contribution is 2.17. The Morgan fingerprint density at radius 2 is 1.76 bits per heavy atom. The normalized spacial score (nSPS) is 10.8. The van der Waals surface area contributed by atoms with Gasteiger partial charge >= 0.3 is 6.03 Å². The maximum atomic E-state index is 12.9. The fourth-order valence-corrected chi connectivity index (χ4v) is 3.60. The van der Waals surface area contributed by atoms with Crippen molar-refractivity contribution in [3.8, 4) is 5.69 Å². The highest BCUT2D eigenvalue weighted by atomic mass is 16.2. The number of rotatable bonds is 6. The van der Waals surface area contributed by atoms with Crippen LogP contribution in [0.15, 0.2) is 65.8 Å². The molecule has 0 spiro atoms. The summed E-state index contributed by atoms with van der Waals surface area (Å²) >= 11 is 0. The van der Waals surface area contributed by atoms with Gasteiger partial charge in [0.25, 0.3) is 5.56 Å². The van der Waals surface area contributed by atoms with E-state index in [0.717, 1.165) is 22.4 Å². The Balaban J connectivity index is 1.40. The molecule has 33 heavy (non-hydrogen) atoms. The molecule has 0 bridgehead atoms. The van der Waals surface area contributed by atoms with Crippen LogP contribution in [-0.2, 0) is 17.9 Å². The second kappa shape index (κ2) is 9.47. The van der Waals surface area contributed by atoms with Gasteiger partial charge < -0.3 is 5.32 Å². The molecule has 9 heteroatoms. The molecule has 0 aliphatic rings. The summed E-state index contributed by atoms with van der Waals surface area (Å²) in [5, 5.41) is 9.60. The van der Waals surface area contributed by atoms with Gasteiger partial charge in [-0.15, -0.1) is 0 Å². The predicted molar refractivity (Wildman–Crippen MR) is 124 cm³/mol. The summed E-state index contributed by atoms with van der Waals surface area (Å²) in [4.78, 5) is 41.3. The molecule has 0 atom stereocenters. The first-order valence-corrected chi connectivity index (χ1v) is 10.5. The zero-order valence-electron chi connectivity index (χ0n) is 18.4. The van der Waals surface area contributed by atoms with Gasteiger partial charge in [-0.25, -0.2) is 14.5 Å². The molecule has 2 heterocycles. The molecule has 2 aromatic carbocycles. The summed E-state index contributed by atoms with van der Waals surface area (Å²) < 4.78 is 2.97. The number of urea groups is 1. The quantitative estimate of drug-likeness (QED) is 0.475. The van der Waals surface area contributed by atoms with Crippen LogP contribution in [0.25, 0.3) is 16.7 Å². The van der Waals surface area contributed by atoms with Gasteiger partial charge in [0, 0.05) is 19.5 Å². The monoisotopic (exact) mass is 444 g/mol. The Labute approximate surface area is 190 Å². The lowest BCUT2D eigenvalue weighted by atomic mass is 10.1. The maximum absolute atomic E-state index is 12.9. The van der Waals surface area contributed by atoms with E-state index in [-0.39, 0.29) is 18.5 Å². The molecule has 168 valence electrons. The first kappa shape index (κ1) is 21.9. The first-order chi connectivity index (χ1) is 15.9. The number of carbonyl (C=O) groups is 2. The molecule has 4 rings (SSSR count). The summed E-state index contributed by atoms with van der Waals surface area (Å²) in [5.41, 5.74) is 4.07. The Hall–Kier alpha value is -4.27. The van der Waals surface area contributed by atoms with Crippen molar-refractivity contribution in [3.63, 3.8) is 0 Å². The minimum Gasteiger partial charge on any atom is -0.334 e. The minimum atomic E-state index is -0.584. The van der Waals surface area contributed by atoms with Crippen molar-refractivity contribution in [1.82, 2.24) is 30.0 Å². The van der Waals surface area contributed by atoms with Gasteiger partial charge in [-0.05, 0) is 42.7 Å². The predicted octanol–water partition coefficient (Wildman–Crippen LogP) is 2.62. The fraction of sp³-hybridized carbons (Fsp3) is 0.208. The molecule has 0 aliphatic heterocycles. The molecule has 4 aromatic rings. The second-order valence-electron chi connectivity index (χ2n) is 7.85. The van der Waals surface area contributed by atoms with Crippen molar-refractivity contribution < 1.29 is 9.59 Å². The van der Waals surface area contributed by atoms with Crippen molar-refractivity contribution in [3.05, 3.63) is 88.1 Å². The standard InChI is InChI=1S/C24H24N6O3/c1-16-10-17(2)12-19(11-16)30-22-20(14-27-30)23(32)29(15-26-22)9-8-21(31)28-24(33)25-13-18-6-4-3-5-7-18/h3-7,10-12,14-15H,8-9,13H2,1-2H3,(H2,25,28,31,33). The number of benzene rings is 2. The molecular formula is C24H24N6O3. The third kappa shape index (κ3) is 5.15. The number of hydrogen-bond acceptors (Lipinski definition) is 5. The van der Waals surface area contributed by atoms with E-state index in [1.54, 1.807) is 4.68 Å². The van der Waals surface area contributed by atoms with Crippen LogP contribution in [0.3, 0.4) is 0 Å². The van der Waals surface area contributed by atoms with Crippen LogP contribution in [0.4, 0.5) is 4.79 Å². The maximum Gasteiger partial charge on any atom is 0.321 e. The smallest absolute Gasteiger partial charge is 0.321 e. The van der Waals surface area contributed by atoms with Gasteiger partial charge in [-0.3, -0.25) is 19.5 Å². The van der Waals surface area contributed by atoms with E-state index in [1.807, 2.05) is 56.3 Å². The number of nitrogens with one attached hydrogen (secondary N) is 2. The number of hydrogen-bond donors (Lipinski definition) is 2. The van der Waals surface area contributed by atoms with Gasteiger partial charge in [0.1, 0.15) is 5.39 Å². The van der Waals surface area contributed by atoms with Crippen molar-refractivity contribution in [1.29, 1.82) is 0 Å². The van der Waals surface area contributed by atoms with Gasteiger partial charge in [-0.1, -0.05) is 36.4 Å².